The van der Waals surface area contributed by atoms with Crippen LogP contribution in [0.5, 0.6) is 0 Å². The smallest absolute Gasteiger partial charge is 0.123 e. The summed E-state index contributed by atoms with van der Waals surface area (Å²) in [5.41, 5.74) is 2.06. The van der Waals surface area contributed by atoms with E-state index >= 15 is 0 Å². The predicted octanol–water partition coefficient (Wildman–Crippen LogP) is 2.76. The Morgan fingerprint density at radius 1 is 1.36 bits per heavy atom. The predicted molar refractivity (Wildman–Crippen MR) is 53.7 cm³/mol. The number of hydrogen-bond acceptors (Lipinski definition) is 1. The second kappa shape index (κ2) is 3.70. The van der Waals surface area contributed by atoms with Crippen molar-refractivity contribution in [2.75, 3.05) is 0 Å². The fourth-order valence-electron chi connectivity index (χ4n) is 2.36. The van der Waals surface area contributed by atoms with Crippen LogP contribution >= 0.6 is 0 Å². The quantitative estimate of drug-likeness (QED) is 0.728. The van der Waals surface area contributed by atoms with E-state index in [2.05, 4.69) is 0 Å². The first-order chi connectivity index (χ1) is 6.68. The van der Waals surface area contributed by atoms with Gasteiger partial charge in [0.25, 0.3) is 0 Å². The van der Waals surface area contributed by atoms with Gasteiger partial charge in [0.05, 0.1) is 6.10 Å². The summed E-state index contributed by atoms with van der Waals surface area (Å²) in [7, 11) is 0. The highest BCUT2D eigenvalue weighted by Gasteiger charge is 2.27. The maximum atomic E-state index is 12.9. The second-order valence-corrected chi connectivity index (χ2v) is 4.11. The summed E-state index contributed by atoms with van der Waals surface area (Å²) in [5.74, 6) is 0.0225. The lowest BCUT2D eigenvalue weighted by Crippen LogP contribution is -2.12. The van der Waals surface area contributed by atoms with Gasteiger partial charge in [0.1, 0.15) is 5.82 Å². The van der Waals surface area contributed by atoms with Crippen LogP contribution in [0.4, 0.5) is 4.39 Å². The molecule has 0 saturated heterocycles. The molecule has 0 heterocycles. The fraction of sp³-hybridized carbons (Fsp3) is 0.500. The van der Waals surface area contributed by atoms with Crippen LogP contribution in [0.2, 0.25) is 0 Å². The summed E-state index contributed by atoms with van der Waals surface area (Å²) >= 11 is 0. The first-order valence-electron chi connectivity index (χ1n) is 5.12. The van der Waals surface area contributed by atoms with Gasteiger partial charge in [-0.2, -0.15) is 0 Å². The molecule has 14 heavy (non-hydrogen) atoms. The Morgan fingerprint density at radius 3 is 2.71 bits per heavy atom. The molecule has 1 aliphatic rings. The van der Waals surface area contributed by atoms with Crippen LogP contribution in [0.15, 0.2) is 18.2 Å². The SMILES string of the molecule is Cc1cc(F)ccc1[C@H]1CCC[C@@H]1O. The molecule has 0 bridgehead atoms. The lowest BCUT2D eigenvalue weighted by molar-refractivity contribution is 0.163. The number of halogens is 1. The first-order valence-corrected chi connectivity index (χ1v) is 5.12. The Hall–Kier alpha value is -0.890. The van der Waals surface area contributed by atoms with Crippen LogP contribution in [0.1, 0.15) is 36.3 Å². The van der Waals surface area contributed by atoms with E-state index in [0.717, 1.165) is 30.4 Å². The molecule has 1 aliphatic carbocycles. The van der Waals surface area contributed by atoms with E-state index in [0.29, 0.717) is 0 Å². The summed E-state index contributed by atoms with van der Waals surface area (Å²) in [6.07, 6.45) is 2.73. The van der Waals surface area contributed by atoms with Crippen molar-refractivity contribution in [1.29, 1.82) is 0 Å². The Morgan fingerprint density at radius 2 is 2.14 bits per heavy atom. The van der Waals surface area contributed by atoms with E-state index in [1.807, 2.05) is 13.0 Å². The molecule has 1 saturated carbocycles. The van der Waals surface area contributed by atoms with Crippen molar-refractivity contribution in [2.24, 2.45) is 0 Å². The van der Waals surface area contributed by atoms with Gasteiger partial charge < -0.3 is 5.11 Å². The molecule has 1 nitrogen and oxygen atoms in total. The Kier molecular flexibility index (Phi) is 2.55. The zero-order valence-corrected chi connectivity index (χ0v) is 8.33. The topological polar surface area (TPSA) is 20.2 Å². The Balaban J connectivity index is 2.31. The van der Waals surface area contributed by atoms with Gasteiger partial charge in [-0.15, -0.1) is 0 Å². The maximum absolute atomic E-state index is 12.9. The minimum atomic E-state index is -0.237. The molecule has 1 fully saturated rings. The number of aliphatic hydroxyl groups is 1. The van der Waals surface area contributed by atoms with Gasteiger partial charge in [-0.1, -0.05) is 12.5 Å². The molecule has 1 N–H and O–H groups in total. The maximum Gasteiger partial charge on any atom is 0.123 e. The molecule has 2 rings (SSSR count). The Bertz CT molecular complexity index is 335. The van der Waals surface area contributed by atoms with Crippen molar-refractivity contribution in [3.8, 4) is 0 Å². The van der Waals surface area contributed by atoms with Crippen LogP contribution < -0.4 is 0 Å². The van der Waals surface area contributed by atoms with E-state index in [9.17, 15) is 9.50 Å². The molecule has 76 valence electrons. The molecule has 0 aliphatic heterocycles. The van der Waals surface area contributed by atoms with E-state index in [-0.39, 0.29) is 17.8 Å². The fourth-order valence-corrected chi connectivity index (χ4v) is 2.36. The molecule has 2 atom stereocenters. The highest BCUT2D eigenvalue weighted by Crippen LogP contribution is 2.36. The Labute approximate surface area is 83.6 Å². The molecule has 0 spiro atoms. The molecule has 0 radical (unpaired) electrons. The summed E-state index contributed by atoms with van der Waals surface area (Å²) in [6, 6.07) is 4.83. The van der Waals surface area contributed by atoms with Gasteiger partial charge in [-0.05, 0) is 43.0 Å². The van der Waals surface area contributed by atoms with Crippen LogP contribution in [0, 0.1) is 12.7 Å². The number of benzene rings is 1. The molecule has 1 aromatic carbocycles. The van der Waals surface area contributed by atoms with Gasteiger partial charge in [-0.3, -0.25) is 0 Å². The number of hydrogen-bond donors (Lipinski definition) is 1. The van der Waals surface area contributed by atoms with Crippen molar-refractivity contribution in [3.63, 3.8) is 0 Å². The minimum Gasteiger partial charge on any atom is -0.392 e. The van der Waals surface area contributed by atoms with Crippen molar-refractivity contribution >= 4 is 0 Å². The molecular formula is C12H15FO. The van der Waals surface area contributed by atoms with Gasteiger partial charge in [-0.25, -0.2) is 4.39 Å². The molecule has 2 heteroatoms. The highest BCUT2D eigenvalue weighted by molar-refractivity contribution is 5.31. The van der Waals surface area contributed by atoms with Gasteiger partial charge >= 0.3 is 0 Å². The zero-order chi connectivity index (χ0) is 10.1. The lowest BCUT2D eigenvalue weighted by atomic mass is 9.92. The van der Waals surface area contributed by atoms with Crippen LogP contribution in [0.3, 0.4) is 0 Å². The van der Waals surface area contributed by atoms with E-state index in [1.54, 1.807) is 6.07 Å². The third-order valence-corrected chi connectivity index (χ3v) is 3.11. The van der Waals surface area contributed by atoms with Gasteiger partial charge in [0.15, 0.2) is 0 Å². The van der Waals surface area contributed by atoms with Crippen molar-refractivity contribution < 1.29 is 9.50 Å². The molecular weight excluding hydrogens is 179 g/mol. The van der Waals surface area contributed by atoms with Crippen LogP contribution in [-0.4, -0.2) is 11.2 Å². The standard InChI is InChI=1S/C12H15FO/c1-8-7-9(13)5-6-10(8)11-3-2-4-12(11)14/h5-7,11-12,14H,2-4H2,1H3/t11-,12+/m1/s1. The lowest BCUT2D eigenvalue weighted by Gasteiger charge is -2.17. The monoisotopic (exact) mass is 194 g/mol. The molecule has 1 aromatic rings. The minimum absolute atomic E-state index is 0.196. The summed E-state index contributed by atoms with van der Waals surface area (Å²) < 4.78 is 12.9. The molecule has 0 aromatic heterocycles. The van der Waals surface area contributed by atoms with Crippen molar-refractivity contribution in [3.05, 3.63) is 35.1 Å². The van der Waals surface area contributed by atoms with Crippen LogP contribution in [0.25, 0.3) is 0 Å². The van der Waals surface area contributed by atoms with Crippen LogP contribution in [-0.2, 0) is 0 Å². The van der Waals surface area contributed by atoms with E-state index in [1.165, 1.54) is 6.07 Å². The van der Waals surface area contributed by atoms with E-state index in [4.69, 9.17) is 0 Å². The van der Waals surface area contributed by atoms with Gasteiger partial charge in [0, 0.05) is 5.92 Å². The third kappa shape index (κ3) is 1.67. The molecule has 0 amide bonds. The summed E-state index contributed by atoms with van der Waals surface area (Å²) in [5, 5.41) is 9.74. The molecule has 0 unspecified atom stereocenters. The number of aliphatic hydroxyl groups excluding tert-OH is 1. The number of rotatable bonds is 1. The van der Waals surface area contributed by atoms with E-state index < -0.39 is 0 Å². The first kappa shape index (κ1) is 9.66. The van der Waals surface area contributed by atoms with Crippen molar-refractivity contribution in [1.82, 2.24) is 0 Å². The van der Waals surface area contributed by atoms with Crippen molar-refractivity contribution in [2.45, 2.75) is 38.2 Å². The largest absolute Gasteiger partial charge is 0.392 e. The second-order valence-electron chi connectivity index (χ2n) is 4.11. The normalized spacial score (nSPS) is 26.8. The average Bonchev–Trinajstić information content (AvgIpc) is 2.52. The third-order valence-electron chi connectivity index (χ3n) is 3.11. The average molecular weight is 194 g/mol. The zero-order valence-electron chi connectivity index (χ0n) is 8.33. The number of aryl methyl sites for hydroxylation is 1. The van der Waals surface area contributed by atoms with Gasteiger partial charge in [0.2, 0.25) is 0 Å². The highest BCUT2D eigenvalue weighted by atomic mass is 19.1. The summed E-state index contributed by atoms with van der Waals surface area (Å²) in [6.45, 7) is 1.91. The summed E-state index contributed by atoms with van der Waals surface area (Å²) in [4.78, 5) is 0.